The average molecular weight is 371 g/mol. The fourth-order valence-electron chi connectivity index (χ4n) is 4.81. The van der Waals surface area contributed by atoms with Gasteiger partial charge in [0.25, 0.3) is 0 Å². The van der Waals surface area contributed by atoms with Gasteiger partial charge in [-0.3, -0.25) is 19.8 Å². The molecule has 144 valence electrons. The number of urea groups is 1. The lowest BCUT2D eigenvalue weighted by Crippen LogP contribution is -2.72. The van der Waals surface area contributed by atoms with E-state index in [0.717, 1.165) is 48.4 Å². The topological polar surface area (TPSA) is 79.0 Å². The summed E-state index contributed by atoms with van der Waals surface area (Å²) in [5, 5.41) is 2.46. The number of anilines is 1. The van der Waals surface area contributed by atoms with Crippen LogP contribution in [0.3, 0.4) is 0 Å². The minimum Gasteiger partial charge on any atom is -0.383 e. The van der Waals surface area contributed by atoms with Crippen LogP contribution < -0.4 is 10.2 Å². The molecule has 2 atom stereocenters. The number of ether oxygens (including phenoxy) is 1. The van der Waals surface area contributed by atoms with Gasteiger partial charge in [-0.2, -0.15) is 0 Å². The van der Waals surface area contributed by atoms with Crippen LogP contribution in [0.2, 0.25) is 0 Å². The fraction of sp³-hybridized carbons (Fsp3) is 0.550. The van der Waals surface area contributed by atoms with E-state index in [0.29, 0.717) is 6.42 Å². The summed E-state index contributed by atoms with van der Waals surface area (Å²) in [5.74, 6) is -0.850. The van der Waals surface area contributed by atoms with Crippen molar-refractivity contribution in [2.24, 2.45) is 5.41 Å². The molecule has 4 rings (SSSR count). The molecule has 4 amide bonds. The van der Waals surface area contributed by atoms with Crippen LogP contribution in [0.15, 0.2) is 24.3 Å². The molecule has 1 aromatic rings. The first-order valence-electron chi connectivity index (χ1n) is 9.60. The van der Waals surface area contributed by atoms with Gasteiger partial charge in [-0.05, 0) is 30.9 Å². The summed E-state index contributed by atoms with van der Waals surface area (Å²) < 4.78 is 5.06. The number of hydrogen-bond acceptors (Lipinski definition) is 5. The van der Waals surface area contributed by atoms with Crippen molar-refractivity contribution in [1.82, 2.24) is 10.2 Å². The zero-order chi connectivity index (χ0) is 19.0. The number of rotatable bonds is 3. The Bertz CT molecular complexity index is 780. The van der Waals surface area contributed by atoms with Gasteiger partial charge < -0.3 is 9.64 Å². The van der Waals surface area contributed by atoms with E-state index < -0.39 is 17.4 Å². The Kier molecular flexibility index (Phi) is 4.63. The van der Waals surface area contributed by atoms with E-state index in [-0.39, 0.29) is 25.1 Å². The van der Waals surface area contributed by atoms with E-state index >= 15 is 0 Å². The summed E-state index contributed by atoms with van der Waals surface area (Å²) in [7, 11) is 1.52. The maximum Gasteiger partial charge on any atom is 0.330 e. The maximum atomic E-state index is 13.6. The van der Waals surface area contributed by atoms with E-state index in [1.807, 2.05) is 18.2 Å². The first-order valence-corrected chi connectivity index (χ1v) is 9.60. The molecule has 3 aliphatic rings. The van der Waals surface area contributed by atoms with Gasteiger partial charge >= 0.3 is 6.03 Å². The van der Waals surface area contributed by atoms with E-state index in [4.69, 9.17) is 4.74 Å². The van der Waals surface area contributed by atoms with Crippen molar-refractivity contribution in [3.05, 3.63) is 29.8 Å². The van der Waals surface area contributed by atoms with Crippen LogP contribution in [0.4, 0.5) is 10.5 Å². The van der Waals surface area contributed by atoms with Crippen LogP contribution in [-0.2, 0) is 20.7 Å². The molecule has 3 heterocycles. The minimum atomic E-state index is -1.26. The van der Waals surface area contributed by atoms with Crippen molar-refractivity contribution in [2.45, 2.75) is 38.1 Å². The number of amides is 4. The highest BCUT2D eigenvalue weighted by Crippen LogP contribution is 2.46. The summed E-state index contributed by atoms with van der Waals surface area (Å²) in [6.07, 6.45) is 4.17. The van der Waals surface area contributed by atoms with Gasteiger partial charge in [-0.1, -0.05) is 31.0 Å². The summed E-state index contributed by atoms with van der Waals surface area (Å²) in [6, 6.07) is 7.10. The normalized spacial score (nSPS) is 27.9. The molecule has 0 unspecified atom stereocenters. The zero-order valence-corrected chi connectivity index (χ0v) is 15.6. The van der Waals surface area contributed by atoms with Crippen molar-refractivity contribution in [3.8, 4) is 0 Å². The second-order valence-electron chi connectivity index (χ2n) is 7.54. The SMILES string of the molecule is COCCN1C(=O)NC(=O)[C@@]2(Cc3ccccc3N3CCCCC[C@@H]32)C1=O. The molecular weight excluding hydrogens is 346 g/mol. The monoisotopic (exact) mass is 371 g/mol. The molecule has 1 aromatic carbocycles. The van der Waals surface area contributed by atoms with Crippen molar-refractivity contribution < 1.29 is 19.1 Å². The lowest BCUT2D eigenvalue weighted by molar-refractivity contribution is -0.154. The quantitative estimate of drug-likeness (QED) is 0.819. The van der Waals surface area contributed by atoms with Gasteiger partial charge in [0.05, 0.1) is 19.2 Å². The van der Waals surface area contributed by atoms with Crippen LogP contribution in [0.5, 0.6) is 0 Å². The van der Waals surface area contributed by atoms with Gasteiger partial charge in [0, 0.05) is 19.3 Å². The Labute approximate surface area is 158 Å². The van der Waals surface area contributed by atoms with E-state index in [9.17, 15) is 14.4 Å². The minimum absolute atomic E-state index is 0.143. The smallest absolute Gasteiger partial charge is 0.330 e. The van der Waals surface area contributed by atoms with Crippen molar-refractivity contribution in [1.29, 1.82) is 0 Å². The lowest BCUT2D eigenvalue weighted by atomic mass is 9.67. The molecule has 0 radical (unpaired) electrons. The molecule has 7 nitrogen and oxygen atoms in total. The highest BCUT2D eigenvalue weighted by molar-refractivity contribution is 6.20. The number of nitrogens with one attached hydrogen (secondary N) is 1. The van der Waals surface area contributed by atoms with Crippen molar-refractivity contribution in [2.75, 3.05) is 31.7 Å². The van der Waals surface area contributed by atoms with Gasteiger partial charge in [-0.25, -0.2) is 4.79 Å². The van der Waals surface area contributed by atoms with Crippen molar-refractivity contribution >= 4 is 23.5 Å². The Morgan fingerprint density at radius 1 is 1.19 bits per heavy atom. The van der Waals surface area contributed by atoms with Crippen molar-refractivity contribution in [3.63, 3.8) is 0 Å². The standard InChI is InChI=1S/C20H25N3O4/c1-27-12-11-23-18(25)20(17(24)21-19(23)26)13-14-7-4-5-8-15(14)22-10-6-2-3-9-16(20)22/h4-5,7-8,16H,2-3,6,9-13H2,1H3,(H,21,24,26)/t16-,20+/m1/s1. The van der Waals surface area contributed by atoms with Crippen LogP contribution in [0.1, 0.15) is 31.2 Å². The second-order valence-corrected chi connectivity index (χ2v) is 7.54. The number of para-hydroxylation sites is 1. The van der Waals surface area contributed by atoms with Crippen LogP contribution in [-0.4, -0.2) is 55.6 Å². The maximum absolute atomic E-state index is 13.6. The Hall–Kier alpha value is -2.41. The summed E-state index contributed by atoms with van der Waals surface area (Å²) >= 11 is 0. The first kappa shape index (κ1) is 18.0. The van der Waals surface area contributed by atoms with Gasteiger partial charge in [0.1, 0.15) is 0 Å². The molecule has 2 saturated heterocycles. The number of hydrogen-bond donors (Lipinski definition) is 1. The molecule has 0 saturated carbocycles. The Balaban J connectivity index is 1.82. The second kappa shape index (κ2) is 6.96. The largest absolute Gasteiger partial charge is 0.383 e. The molecule has 1 spiro atoms. The highest BCUT2D eigenvalue weighted by Gasteiger charge is 2.61. The number of nitrogens with zero attached hydrogens (tertiary/aromatic N) is 2. The van der Waals surface area contributed by atoms with Gasteiger partial charge in [-0.15, -0.1) is 0 Å². The molecule has 0 bridgehead atoms. The average Bonchev–Trinajstić information content (AvgIpc) is 2.93. The number of fused-ring (bicyclic) bond motifs is 4. The third-order valence-corrected chi connectivity index (χ3v) is 6.11. The van der Waals surface area contributed by atoms with Gasteiger partial charge in [0.15, 0.2) is 5.41 Å². The number of carbonyl (C=O) groups is 3. The molecular formula is C20H25N3O4. The fourth-order valence-corrected chi connectivity index (χ4v) is 4.81. The molecule has 1 N–H and O–H groups in total. The van der Waals surface area contributed by atoms with Crippen LogP contribution in [0.25, 0.3) is 0 Å². The Morgan fingerprint density at radius 3 is 2.81 bits per heavy atom. The number of barbiturate groups is 1. The number of imide groups is 2. The molecule has 2 fully saturated rings. The zero-order valence-electron chi connectivity index (χ0n) is 15.6. The summed E-state index contributed by atoms with van der Waals surface area (Å²) in [4.78, 5) is 42.4. The summed E-state index contributed by atoms with van der Waals surface area (Å²) in [5.41, 5.74) is 0.830. The van der Waals surface area contributed by atoms with E-state index in [1.165, 1.54) is 7.11 Å². The molecule has 27 heavy (non-hydrogen) atoms. The predicted octanol–water partition coefficient (Wildman–Crippen LogP) is 1.70. The third-order valence-electron chi connectivity index (χ3n) is 6.11. The number of methoxy groups -OCH3 is 1. The first-order chi connectivity index (χ1) is 13.1. The third kappa shape index (κ3) is 2.72. The van der Waals surface area contributed by atoms with E-state index in [2.05, 4.69) is 16.3 Å². The molecule has 0 aromatic heterocycles. The molecule has 7 heteroatoms. The molecule has 0 aliphatic carbocycles. The predicted molar refractivity (Wildman–Crippen MR) is 99.3 cm³/mol. The lowest BCUT2D eigenvalue weighted by Gasteiger charge is -2.51. The number of benzene rings is 1. The Morgan fingerprint density at radius 2 is 2.00 bits per heavy atom. The summed E-state index contributed by atoms with van der Waals surface area (Å²) in [6.45, 7) is 1.20. The van der Waals surface area contributed by atoms with E-state index in [1.54, 1.807) is 0 Å². The van der Waals surface area contributed by atoms with Crippen LogP contribution in [0, 0.1) is 5.41 Å². The van der Waals surface area contributed by atoms with Crippen LogP contribution >= 0.6 is 0 Å². The highest BCUT2D eigenvalue weighted by atomic mass is 16.5. The number of carbonyl (C=O) groups excluding carboxylic acids is 3. The molecule has 3 aliphatic heterocycles. The van der Waals surface area contributed by atoms with Gasteiger partial charge in [0.2, 0.25) is 11.8 Å².